The van der Waals surface area contributed by atoms with Gasteiger partial charge < -0.3 is 20.4 Å². The van der Waals surface area contributed by atoms with Crippen molar-refractivity contribution in [2.45, 2.75) is 184 Å². The van der Waals surface area contributed by atoms with Crippen LogP contribution < -0.4 is 27.4 Å². The van der Waals surface area contributed by atoms with E-state index in [-0.39, 0.29) is 129 Å². The zero-order valence-electron chi connectivity index (χ0n) is 74.6. The Morgan fingerprint density at radius 2 is 0.629 bits per heavy atom. The van der Waals surface area contributed by atoms with Gasteiger partial charge in [-0.3, -0.25) is 72.1 Å². The number of nitrogens with one attached hydrogen (secondary N) is 5. The topological polar surface area (TPSA) is 358 Å². The number of carbonyl (C=O) groups is 10. The number of ketones is 5. The first-order chi connectivity index (χ1) is 63.1. The van der Waals surface area contributed by atoms with Gasteiger partial charge in [0.1, 0.15) is 41.8 Å². The van der Waals surface area contributed by atoms with E-state index in [9.17, 15) is 75.0 Å². The normalized spacial score (nSPS) is 13.8. The van der Waals surface area contributed by atoms with E-state index in [2.05, 4.69) is 27.4 Å². The van der Waals surface area contributed by atoms with Gasteiger partial charge in [-0.1, -0.05) is 60.7 Å². The second-order valence-electron chi connectivity index (χ2n) is 33.1. The lowest BCUT2D eigenvalue weighted by molar-refractivity contribution is -0.0295. The van der Waals surface area contributed by atoms with Gasteiger partial charge in [-0.2, -0.15) is 0 Å². The summed E-state index contributed by atoms with van der Waals surface area (Å²) in [6.45, 7) is 15.1. The van der Waals surface area contributed by atoms with Gasteiger partial charge >= 0.3 is 0 Å². The number of hydrogen-bond acceptors (Lipinski definition) is 24. The Morgan fingerprint density at radius 3 is 0.879 bits per heavy atom. The second-order valence-corrected chi connectivity index (χ2v) is 38.6. The highest BCUT2D eigenvalue weighted by molar-refractivity contribution is 7.16. The fourth-order valence-corrected chi connectivity index (χ4v) is 21.5. The summed E-state index contributed by atoms with van der Waals surface area (Å²) < 4.78 is 71.3. The van der Waals surface area contributed by atoms with E-state index in [4.69, 9.17) is 39.5 Å². The molecule has 15 rings (SSSR count). The zero-order chi connectivity index (χ0) is 95.3. The number of halogens is 5. The SMILES string of the molecule is CC(=O)c1sc(Cc2ccc(C)cc2F)c(C(=O)NOCC2CC2)c1C.CC(=O)c1sc(Cc2ccc(C)cc2F)c(C(=O)NOCCO)c1C.Cc1ccc(Cc2sc3c(c2C(=O)NOCC2CC2)CCCC3=O)c(F)c1.Cc1ccc(Cc2sc3c(c2C(=O)NOCCO)CCCC3=O)c(F)c1.Cc1ccc(Cc2sc3c(c2C(=O)NOC[C@H](O)CO)CCCC3=O)c(F)c1. The van der Waals surface area contributed by atoms with E-state index in [0.717, 1.165) is 75.9 Å². The van der Waals surface area contributed by atoms with E-state index < -0.39 is 30.4 Å². The van der Waals surface area contributed by atoms with Gasteiger partial charge in [0.2, 0.25) is 0 Å². The first kappa shape index (κ1) is 102. The molecule has 24 nitrogen and oxygen atoms in total. The summed E-state index contributed by atoms with van der Waals surface area (Å²) in [4.78, 5) is 155. The highest BCUT2D eigenvalue weighted by Gasteiger charge is 2.36. The highest BCUT2D eigenvalue weighted by atomic mass is 32.1. The number of carbonyl (C=O) groups excluding carboxylic acids is 10. The van der Waals surface area contributed by atoms with Crippen LogP contribution in [0.25, 0.3) is 0 Å². The van der Waals surface area contributed by atoms with Crippen molar-refractivity contribution in [2.24, 2.45) is 11.8 Å². The largest absolute Gasteiger partial charge is 0.394 e. The Balaban J connectivity index is 0.000000159. The second kappa shape index (κ2) is 48.0. The summed E-state index contributed by atoms with van der Waals surface area (Å²) in [5.74, 6) is -2.97. The van der Waals surface area contributed by atoms with E-state index in [0.29, 0.717) is 199 Å². The van der Waals surface area contributed by atoms with Crippen LogP contribution in [0.5, 0.6) is 0 Å². The third-order valence-electron chi connectivity index (χ3n) is 22.2. The molecule has 0 spiro atoms. The third-order valence-corrected chi connectivity index (χ3v) is 28.8. The maximum atomic E-state index is 14.3. The van der Waals surface area contributed by atoms with Crippen LogP contribution in [0.2, 0.25) is 0 Å². The molecule has 5 amide bonds. The van der Waals surface area contributed by atoms with Gasteiger partial charge in [-0.05, 0) is 252 Å². The lowest BCUT2D eigenvalue weighted by Crippen LogP contribution is -2.31. The molecule has 34 heteroatoms. The minimum absolute atomic E-state index is 0.00690. The van der Waals surface area contributed by atoms with Gasteiger partial charge in [0.05, 0.1) is 98.5 Å². The molecule has 9 N–H and O–H groups in total. The minimum atomic E-state index is -1.11. The third kappa shape index (κ3) is 27.2. The molecule has 132 heavy (non-hydrogen) atoms. The molecule has 0 aliphatic heterocycles. The molecule has 702 valence electrons. The molecule has 5 heterocycles. The van der Waals surface area contributed by atoms with E-state index in [1.807, 2.05) is 39.0 Å². The molecule has 2 fully saturated rings. The van der Waals surface area contributed by atoms with E-state index in [1.165, 1.54) is 101 Å². The predicted molar refractivity (Wildman–Crippen MR) is 492 cm³/mol. The molecule has 5 aromatic carbocycles. The Kier molecular flexibility index (Phi) is 37.1. The molecule has 0 unspecified atom stereocenters. The van der Waals surface area contributed by atoms with Crippen molar-refractivity contribution in [3.05, 3.63) is 280 Å². The molecule has 5 aliphatic carbocycles. The van der Waals surface area contributed by atoms with Gasteiger partial charge in [0.25, 0.3) is 29.5 Å². The number of rotatable bonds is 33. The molecule has 0 saturated heterocycles. The van der Waals surface area contributed by atoms with Crippen LogP contribution in [-0.2, 0) is 75.6 Å². The van der Waals surface area contributed by atoms with Crippen LogP contribution >= 0.6 is 56.7 Å². The molecule has 0 radical (unpaired) electrons. The van der Waals surface area contributed by atoms with Gasteiger partial charge in [0.15, 0.2) is 28.9 Å². The fraction of sp³-hybridized carbons (Fsp3) is 0.388. The number of amides is 5. The summed E-state index contributed by atoms with van der Waals surface area (Å²) in [6, 6.07) is 24.9. The number of aliphatic hydroxyl groups excluding tert-OH is 4. The number of Topliss-reactive ketones (excluding diaryl/α,β-unsaturated/α-hetero) is 5. The lowest BCUT2D eigenvalue weighted by atomic mass is 9.92. The quantitative estimate of drug-likeness (QED) is 0.00798. The van der Waals surface area contributed by atoms with Crippen LogP contribution in [0.3, 0.4) is 0 Å². The average Bonchev–Trinajstić information content (AvgIpc) is 1.63. The Labute approximate surface area is 780 Å². The number of aryl methyl sites for hydroxylation is 5. The van der Waals surface area contributed by atoms with Crippen molar-refractivity contribution in [1.29, 1.82) is 0 Å². The first-order valence-electron chi connectivity index (χ1n) is 43.3. The fourth-order valence-electron chi connectivity index (χ4n) is 15.1. The molecule has 0 bridgehead atoms. The van der Waals surface area contributed by atoms with Crippen molar-refractivity contribution in [2.75, 3.05) is 52.9 Å². The number of hydrogen-bond donors (Lipinski definition) is 9. The van der Waals surface area contributed by atoms with Crippen molar-refractivity contribution in [1.82, 2.24) is 27.4 Å². The number of aliphatic hydroxyl groups is 4. The van der Waals surface area contributed by atoms with Crippen LogP contribution in [0.4, 0.5) is 22.0 Å². The Hall–Kier alpha value is -10.4. The van der Waals surface area contributed by atoms with Gasteiger partial charge in [-0.25, -0.2) is 49.4 Å². The number of thiophene rings is 5. The van der Waals surface area contributed by atoms with Crippen LogP contribution in [0.1, 0.15) is 286 Å². The average molecular weight is 1910 g/mol. The maximum Gasteiger partial charge on any atom is 0.276 e. The van der Waals surface area contributed by atoms with Crippen molar-refractivity contribution >= 4 is 115 Å². The summed E-state index contributed by atoms with van der Waals surface area (Å²) in [5, 5.41) is 35.6. The summed E-state index contributed by atoms with van der Waals surface area (Å²) in [7, 11) is 0. The molecule has 5 aromatic heterocycles. The predicted octanol–water partition coefficient (Wildman–Crippen LogP) is 17.0. The molecular formula is C98H106F5N5O19S5. The van der Waals surface area contributed by atoms with Crippen LogP contribution in [0.15, 0.2) is 91.0 Å². The van der Waals surface area contributed by atoms with Crippen molar-refractivity contribution in [3.63, 3.8) is 0 Å². The van der Waals surface area contributed by atoms with E-state index >= 15 is 0 Å². The van der Waals surface area contributed by atoms with Crippen molar-refractivity contribution < 1.29 is 115 Å². The van der Waals surface area contributed by atoms with Crippen molar-refractivity contribution in [3.8, 4) is 0 Å². The lowest BCUT2D eigenvalue weighted by Gasteiger charge is -2.13. The monoisotopic (exact) mass is 1910 g/mol. The van der Waals surface area contributed by atoms with Crippen LogP contribution in [0, 0.1) is 89.4 Å². The minimum Gasteiger partial charge on any atom is -0.394 e. The molecule has 10 aromatic rings. The standard InChI is InChI=1S/C21H22FNO3S.C20H22FNO5S.C20H22FNO3S.C19H20FNO4S.C18H20FNO4S/c1-12-5-8-14(16(22)9-12)10-18-19(21(25)23-26-11-13-6-7-13)15-3-2-4-17(24)20(15)27-18;1-11-5-6-12(15(21)7-11)8-17-18(20(26)22-27-10-13(24)9-23)14-3-2-4-16(25)19(14)28-17;1-11-4-7-15(16(21)8-11)9-17-18(12(2)19(26-17)13(3)23)20(24)22-25-10-14-5-6-14;1-11-5-6-12(14(20)9-11)10-16-17(19(24)21-25-8-7-22)13-3-2-4-15(23)18(13)26-16;1-10-4-5-13(14(19)8-10)9-15-16(18(23)20-24-7-6-21)11(2)17(25-15)12(3)22/h5,8-9,13H,2-4,6-7,10-11H2,1H3,(H,23,25);5-7,13,23-24H,2-4,8-10H2,1H3,(H,22,26);4,7-8,14H,5-6,9-10H2,1-3H3,(H,22,24);5-6,9,22H,2-4,7-8,10H2,1H3,(H,21,24);4-5,8,21H,6-7,9H2,1-3H3,(H,20,23)/t;13-;;;/m.1.../s1. The highest BCUT2D eigenvalue weighted by Crippen LogP contribution is 2.42. The summed E-state index contributed by atoms with van der Waals surface area (Å²) in [5.41, 5.74) is 23.7. The molecule has 5 aliphatic rings. The summed E-state index contributed by atoms with van der Waals surface area (Å²) >= 11 is 6.25. The number of hydroxylamine groups is 5. The summed E-state index contributed by atoms with van der Waals surface area (Å²) in [6.07, 6.45) is 10.0. The van der Waals surface area contributed by atoms with Gasteiger partial charge in [0, 0.05) is 75.8 Å². The van der Waals surface area contributed by atoms with Crippen LogP contribution in [-0.4, -0.2) is 138 Å². The zero-order valence-corrected chi connectivity index (χ0v) is 78.7. The molecule has 1 atom stereocenters. The molecule has 2 saturated carbocycles. The first-order valence-corrected chi connectivity index (χ1v) is 47.4. The maximum absolute atomic E-state index is 14.3. The smallest absolute Gasteiger partial charge is 0.276 e. The Bertz CT molecular complexity index is 5940. The number of benzene rings is 5. The Morgan fingerprint density at radius 1 is 0.371 bits per heavy atom. The molecular weight excluding hydrogens is 1810 g/mol. The van der Waals surface area contributed by atoms with E-state index in [1.54, 1.807) is 70.2 Å². The van der Waals surface area contributed by atoms with Gasteiger partial charge in [-0.15, -0.1) is 56.7 Å². The number of fused-ring (bicyclic) bond motifs is 3.